The Bertz CT molecular complexity index is 826. The van der Waals surface area contributed by atoms with Crippen molar-refractivity contribution in [1.82, 2.24) is 9.55 Å². The van der Waals surface area contributed by atoms with Crippen LogP contribution in [0, 0.1) is 0 Å². The van der Waals surface area contributed by atoms with Crippen LogP contribution in [0.4, 0.5) is 0 Å². The van der Waals surface area contributed by atoms with Crippen LogP contribution in [0.1, 0.15) is 89.2 Å². The van der Waals surface area contributed by atoms with Gasteiger partial charge < -0.3 is 5.11 Å². The summed E-state index contributed by atoms with van der Waals surface area (Å²) in [5.41, 5.74) is 1.12. The van der Waals surface area contributed by atoms with Crippen LogP contribution in [0.3, 0.4) is 0 Å². The fourth-order valence-electron chi connectivity index (χ4n) is 4.31. The van der Waals surface area contributed by atoms with Gasteiger partial charge in [-0.2, -0.15) is 0 Å². The molecule has 0 aliphatic heterocycles. The predicted molar refractivity (Wildman–Crippen MR) is 108 cm³/mol. The molecule has 6 nitrogen and oxygen atoms in total. The van der Waals surface area contributed by atoms with Gasteiger partial charge in [0.1, 0.15) is 5.56 Å². The van der Waals surface area contributed by atoms with Gasteiger partial charge in [-0.1, -0.05) is 37.8 Å². The molecule has 0 radical (unpaired) electrons. The quantitative estimate of drug-likeness (QED) is 0.587. The van der Waals surface area contributed by atoms with Gasteiger partial charge in [-0.15, -0.1) is 0 Å². The Morgan fingerprint density at radius 3 is 2.67 bits per heavy atom. The predicted octanol–water partition coefficient (Wildman–Crippen LogP) is 3.84. The molecule has 1 heterocycles. The van der Waals surface area contributed by atoms with E-state index in [1.807, 2.05) is 6.92 Å². The third kappa shape index (κ3) is 4.60. The largest absolute Gasteiger partial charge is 0.494 e. The van der Waals surface area contributed by atoms with E-state index in [1.165, 1.54) is 23.0 Å². The number of hydrogen-bond acceptors (Lipinski definition) is 4. The molecule has 1 fully saturated rings. The third-order valence-corrected chi connectivity index (χ3v) is 5.80. The molecule has 3 rings (SSSR count). The maximum atomic E-state index is 12.4. The number of aromatic nitrogens is 2. The number of H-pyrrole nitrogens is 1. The molecule has 0 amide bonds. The van der Waals surface area contributed by atoms with Crippen molar-refractivity contribution in [1.29, 1.82) is 0 Å². The van der Waals surface area contributed by atoms with Gasteiger partial charge in [-0.25, -0.2) is 4.79 Å². The summed E-state index contributed by atoms with van der Waals surface area (Å²) in [5.74, 6) is -0.215. The van der Waals surface area contributed by atoms with E-state index in [9.17, 15) is 14.7 Å². The van der Waals surface area contributed by atoms with Gasteiger partial charge in [-0.3, -0.25) is 19.3 Å². The Morgan fingerprint density at radius 2 is 2.00 bits per heavy atom. The number of aromatic amines is 1. The molecule has 1 aromatic rings. The number of hydrogen-bond donors (Lipinski definition) is 2. The number of nitrogens with zero attached hydrogens (tertiary/aromatic N) is 2. The van der Waals surface area contributed by atoms with Gasteiger partial charge >= 0.3 is 5.69 Å². The minimum Gasteiger partial charge on any atom is -0.494 e. The molecule has 2 aliphatic rings. The lowest BCUT2D eigenvalue weighted by molar-refractivity contribution is 0.298. The van der Waals surface area contributed by atoms with Crippen LogP contribution >= 0.6 is 0 Å². The zero-order valence-corrected chi connectivity index (χ0v) is 16.3. The van der Waals surface area contributed by atoms with E-state index in [-0.39, 0.29) is 17.5 Å². The summed E-state index contributed by atoms with van der Waals surface area (Å²) in [6.45, 7) is 2.53. The van der Waals surface area contributed by atoms with Crippen LogP contribution < -0.4 is 11.2 Å². The average molecular weight is 373 g/mol. The summed E-state index contributed by atoms with van der Waals surface area (Å²) in [5, 5.41) is 10.8. The maximum absolute atomic E-state index is 12.4. The summed E-state index contributed by atoms with van der Waals surface area (Å²) in [6, 6.07) is -0.0487. The highest BCUT2D eigenvalue weighted by atomic mass is 16.3. The summed E-state index contributed by atoms with van der Waals surface area (Å²) >= 11 is 0. The van der Waals surface area contributed by atoms with Crippen LogP contribution in [-0.2, 0) is 0 Å². The Hall–Kier alpha value is -2.11. The molecule has 6 heteroatoms. The van der Waals surface area contributed by atoms with Gasteiger partial charge in [0, 0.05) is 12.6 Å². The second-order valence-corrected chi connectivity index (χ2v) is 7.66. The second-order valence-electron chi connectivity index (χ2n) is 7.66. The first-order chi connectivity index (χ1) is 13.1. The first-order valence-electron chi connectivity index (χ1n) is 10.4. The van der Waals surface area contributed by atoms with Gasteiger partial charge in [0.2, 0.25) is 5.88 Å². The monoisotopic (exact) mass is 373 g/mol. The standard InChI is InChI=1S/C21H31N3O3/c1-2-17(22-14-13-15-9-5-3-6-10-15)18-19(25)23-21(27)24(20(18)26)16-11-7-4-8-12-16/h9,16,26H,2-8,10-14H2,1H3,(H,23,25,27). The van der Waals surface area contributed by atoms with Crippen molar-refractivity contribution < 1.29 is 5.11 Å². The zero-order chi connectivity index (χ0) is 19.2. The molecule has 0 unspecified atom stereocenters. The summed E-state index contributed by atoms with van der Waals surface area (Å²) in [4.78, 5) is 31.8. The molecule has 1 aromatic heterocycles. The van der Waals surface area contributed by atoms with E-state index < -0.39 is 11.2 Å². The van der Waals surface area contributed by atoms with Crippen LogP contribution in [0.5, 0.6) is 5.88 Å². The highest BCUT2D eigenvalue weighted by molar-refractivity contribution is 6.01. The van der Waals surface area contributed by atoms with E-state index in [4.69, 9.17) is 0 Å². The van der Waals surface area contributed by atoms with E-state index in [2.05, 4.69) is 16.1 Å². The zero-order valence-electron chi connectivity index (χ0n) is 16.3. The number of rotatable bonds is 6. The van der Waals surface area contributed by atoms with Crippen LogP contribution in [-0.4, -0.2) is 26.9 Å². The van der Waals surface area contributed by atoms with Gasteiger partial charge in [0.25, 0.3) is 5.56 Å². The molecule has 0 aromatic carbocycles. The first-order valence-corrected chi connectivity index (χ1v) is 10.4. The molecule has 0 bridgehead atoms. The average Bonchev–Trinajstić information content (AvgIpc) is 2.68. The summed E-state index contributed by atoms with van der Waals surface area (Å²) in [6.07, 6.45) is 13.5. The van der Waals surface area contributed by atoms with E-state index in [1.54, 1.807) is 0 Å². The molecule has 2 aliphatic carbocycles. The minimum absolute atomic E-state index is 0.0487. The fourth-order valence-corrected chi connectivity index (χ4v) is 4.31. The number of nitrogens with one attached hydrogen (secondary N) is 1. The van der Waals surface area contributed by atoms with Crippen molar-refractivity contribution in [3.8, 4) is 5.88 Å². The molecule has 2 N–H and O–H groups in total. The summed E-state index contributed by atoms with van der Waals surface area (Å²) in [7, 11) is 0. The molecule has 0 atom stereocenters. The fraction of sp³-hybridized carbons (Fsp3) is 0.667. The molecular formula is C21H31N3O3. The highest BCUT2D eigenvalue weighted by Crippen LogP contribution is 2.30. The van der Waals surface area contributed by atoms with Crippen molar-refractivity contribution in [2.24, 2.45) is 4.99 Å². The molecule has 0 spiro atoms. The highest BCUT2D eigenvalue weighted by Gasteiger charge is 2.24. The number of aromatic hydroxyl groups is 1. The Morgan fingerprint density at radius 1 is 1.22 bits per heavy atom. The molecular weight excluding hydrogens is 342 g/mol. The smallest absolute Gasteiger partial charge is 0.331 e. The number of allylic oxidation sites excluding steroid dienone is 1. The van der Waals surface area contributed by atoms with Gasteiger partial charge in [0.05, 0.1) is 5.71 Å². The van der Waals surface area contributed by atoms with E-state index in [0.717, 1.165) is 51.4 Å². The Labute approximate surface area is 160 Å². The lowest BCUT2D eigenvalue weighted by Crippen LogP contribution is -2.36. The molecule has 1 saturated carbocycles. The second kappa shape index (κ2) is 9.20. The lowest BCUT2D eigenvalue weighted by atomic mass is 9.95. The first kappa shape index (κ1) is 19.6. The van der Waals surface area contributed by atoms with Crippen molar-refractivity contribution >= 4 is 5.71 Å². The van der Waals surface area contributed by atoms with Crippen molar-refractivity contribution in [2.45, 2.75) is 83.6 Å². The van der Waals surface area contributed by atoms with Crippen LogP contribution in [0.25, 0.3) is 0 Å². The lowest BCUT2D eigenvalue weighted by Gasteiger charge is -2.25. The minimum atomic E-state index is -0.540. The SMILES string of the molecule is CCC(=NCCC1=CCCCC1)c1c(O)n(C2CCCCC2)c(=O)[nH]c1=O. The van der Waals surface area contributed by atoms with E-state index in [0.29, 0.717) is 18.7 Å². The Balaban J connectivity index is 1.88. The molecule has 148 valence electrons. The normalized spacial score (nSPS) is 19.1. The van der Waals surface area contributed by atoms with E-state index >= 15 is 0 Å². The van der Waals surface area contributed by atoms with Gasteiger partial charge in [-0.05, 0) is 51.4 Å². The van der Waals surface area contributed by atoms with Crippen LogP contribution in [0.2, 0.25) is 0 Å². The molecule has 0 saturated heterocycles. The maximum Gasteiger partial charge on any atom is 0.331 e. The summed E-state index contributed by atoms with van der Waals surface area (Å²) < 4.78 is 1.38. The van der Waals surface area contributed by atoms with Crippen molar-refractivity contribution in [3.63, 3.8) is 0 Å². The topological polar surface area (TPSA) is 87.4 Å². The van der Waals surface area contributed by atoms with Crippen molar-refractivity contribution in [3.05, 3.63) is 38.1 Å². The van der Waals surface area contributed by atoms with Gasteiger partial charge in [0.15, 0.2) is 0 Å². The van der Waals surface area contributed by atoms with Crippen LogP contribution in [0.15, 0.2) is 26.2 Å². The Kier molecular flexibility index (Phi) is 6.69. The van der Waals surface area contributed by atoms with Crippen molar-refractivity contribution in [2.75, 3.05) is 6.54 Å². The number of aliphatic imine (C=N–C) groups is 1. The molecule has 27 heavy (non-hydrogen) atoms. The third-order valence-electron chi connectivity index (χ3n) is 5.80.